The molecule has 0 N–H and O–H groups in total. The maximum Gasteiger partial charge on any atom is 0.260 e. The van der Waals surface area contributed by atoms with Crippen LogP contribution in [0.3, 0.4) is 0 Å². The lowest BCUT2D eigenvalue weighted by atomic mass is 10.2. The number of aryl methyl sites for hydroxylation is 1. The average molecular weight is 464 g/mol. The van der Waals surface area contributed by atoms with Gasteiger partial charge in [-0.3, -0.25) is 14.6 Å². The van der Waals surface area contributed by atoms with Crippen LogP contribution in [0.5, 0.6) is 0 Å². The molecule has 0 aliphatic carbocycles. The van der Waals surface area contributed by atoms with E-state index >= 15 is 0 Å². The van der Waals surface area contributed by atoms with E-state index in [9.17, 15) is 4.79 Å². The molecular formula is C22H26ClN3O2S2. The Morgan fingerprint density at radius 2 is 2.00 bits per heavy atom. The second-order valence-electron chi connectivity index (χ2n) is 7.06. The van der Waals surface area contributed by atoms with Crippen molar-refractivity contribution in [1.82, 2.24) is 9.88 Å². The minimum atomic E-state index is 0. The third-order valence-electron chi connectivity index (χ3n) is 5.15. The smallest absolute Gasteiger partial charge is 0.260 e. The van der Waals surface area contributed by atoms with E-state index in [0.29, 0.717) is 12.1 Å². The van der Waals surface area contributed by atoms with Gasteiger partial charge in [0.25, 0.3) is 5.91 Å². The third-order valence-corrected chi connectivity index (χ3v) is 6.91. The van der Waals surface area contributed by atoms with Gasteiger partial charge in [-0.15, -0.1) is 24.2 Å². The standard InChI is InChI=1S/C22H25N3O2S2.ClH/c1-16-5-3-8-19-20(16)23-22(29-19)25(10-9-24-11-13-27-14-12-24)21(26)17-6-4-7-18(15-17)28-2;/h3-8,15H,9-14H2,1-2H3;1H. The van der Waals surface area contributed by atoms with E-state index in [0.717, 1.165) is 58.7 Å². The van der Waals surface area contributed by atoms with Crippen molar-refractivity contribution in [2.24, 2.45) is 0 Å². The minimum absolute atomic E-state index is 0. The molecule has 1 fully saturated rings. The number of amides is 1. The molecule has 8 heteroatoms. The van der Waals surface area contributed by atoms with Crippen molar-refractivity contribution in [3.63, 3.8) is 0 Å². The number of thioether (sulfide) groups is 1. The maximum absolute atomic E-state index is 13.5. The molecule has 0 atom stereocenters. The van der Waals surface area contributed by atoms with Gasteiger partial charge in [0.15, 0.2) is 5.13 Å². The summed E-state index contributed by atoms with van der Waals surface area (Å²) in [5.74, 6) is 0.00543. The Morgan fingerprint density at radius 3 is 2.73 bits per heavy atom. The predicted octanol–water partition coefficient (Wildman–Crippen LogP) is 4.73. The summed E-state index contributed by atoms with van der Waals surface area (Å²) in [6.07, 6.45) is 2.02. The van der Waals surface area contributed by atoms with Gasteiger partial charge in [-0.05, 0) is 43.0 Å². The summed E-state index contributed by atoms with van der Waals surface area (Å²) in [6.45, 7) is 6.81. The second-order valence-corrected chi connectivity index (χ2v) is 8.95. The van der Waals surface area contributed by atoms with Gasteiger partial charge in [-0.1, -0.05) is 29.5 Å². The average Bonchev–Trinajstić information content (AvgIpc) is 3.20. The number of anilines is 1. The molecule has 1 saturated heterocycles. The van der Waals surface area contributed by atoms with Crippen LogP contribution >= 0.6 is 35.5 Å². The summed E-state index contributed by atoms with van der Waals surface area (Å²) < 4.78 is 6.56. The first kappa shape index (κ1) is 23.0. The number of ether oxygens (including phenoxy) is 1. The van der Waals surface area contributed by atoms with Gasteiger partial charge >= 0.3 is 0 Å². The molecule has 1 amide bonds. The van der Waals surface area contributed by atoms with Crippen LogP contribution in [-0.2, 0) is 4.74 Å². The minimum Gasteiger partial charge on any atom is -0.379 e. The van der Waals surface area contributed by atoms with Crippen molar-refractivity contribution < 1.29 is 9.53 Å². The molecule has 1 aliphatic rings. The number of morpholine rings is 1. The summed E-state index contributed by atoms with van der Waals surface area (Å²) in [5, 5.41) is 0.766. The van der Waals surface area contributed by atoms with E-state index in [4.69, 9.17) is 9.72 Å². The van der Waals surface area contributed by atoms with Gasteiger partial charge in [-0.2, -0.15) is 0 Å². The molecule has 1 aliphatic heterocycles. The van der Waals surface area contributed by atoms with Crippen LogP contribution in [0.4, 0.5) is 5.13 Å². The lowest BCUT2D eigenvalue weighted by Gasteiger charge is -2.29. The lowest BCUT2D eigenvalue weighted by molar-refractivity contribution is 0.0391. The number of halogens is 1. The number of para-hydroxylation sites is 1. The Labute approximate surface area is 191 Å². The number of hydrogen-bond acceptors (Lipinski definition) is 6. The van der Waals surface area contributed by atoms with Crippen LogP contribution in [0.2, 0.25) is 0 Å². The van der Waals surface area contributed by atoms with Gasteiger partial charge in [0.2, 0.25) is 0 Å². The molecular weight excluding hydrogens is 438 g/mol. The number of carbonyl (C=O) groups excluding carboxylic acids is 1. The molecule has 3 aromatic rings. The van der Waals surface area contributed by atoms with E-state index in [1.807, 2.05) is 41.5 Å². The fourth-order valence-corrected chi connectivity index (χ4v) is 4.98. The van der Waals surface area contributed by atoms with Crippen LogP contribution in [0, 0.1) is 6.92 Å². The molecule has 160 valence electrons. The zero-order valence-electron chi connectivity index (χ0n) is 17.2. The molecule has 2 heterocycles. The van der Waals surface area contributed by atoms with Crippen LogP contribution in [0.25, 0.3) is 10.2 Å². The van der Waals surface area contributed by atoms with E-state index < -0.39 is 0 Å². The predicted molar refractivity (Wildman–Crippen MR) is 129 cm³/mol. The summed E-state index contributed by atoms with van der Waals surface area (Å²) in [6, 6.07) is 14.0. The van der Waals surface area contributed by atoms with Crippen molar-refractivity contribution in [2.75, 3.05) is 50.5 Å². The van der Waals surface area contributed by atoms with E-state index in [-0.39, 0.29) is 18.3 Å². The largest absolute Gasteiger partial charge is 0.379 e. The topological polar surface area (TPSA) is 45.7 Å². The fraction of sp³-hybridized carbons (Fsp3) is 0.364. The molecule has 0 saturated carbocycles. The molecule has 2 aromatic carbocycles. The molecule has 0 bridgehead atoms. The molecule has 0 radical (unpaired) electrons. The Morgan fingerprint density at radius 1 is 1.23 bits per heavy atom. The van der Waals surface area contributed by atoms with Crippen LogP contribution in [0.15, 0.2) is 47.4 Å². The van der Waals surface area contributed by atoms with Crippen molar-refractivity contribution in [1.29, 1.82) is 0 Å². The Bertz CT molecular complexity index is 1000. The third kappa shape index (κ3) is 5.15. The number of benzene rings is 2. The highest BCUT2D eigenvalue weighted by molar-refractivity contribution is 7.98. The zero-order chi connectivity index (χ0) is 20.2. The van der Waals surface area contributed by atoms with E-state index in [2.05, 4.69) is 24.0 Å². The van der Waals surface area contributed by atoms with Gasteiger partial charge < -0.3 is 4.74 Å². The van der Waals surface area contributed by atoms with E-state index in [1.165, 1.54) is 0 Å². The lowest BCUT2D eigenvalue weighted by Crippen LogP contribution is -2.43. The summed E-state index contributed by atoms with van der Waals surface area (Å²) in [7, 11) is 0. The van der Waals surface area contributed by atoms with E-state index in [1.54, 1.807) is 23.1 Å². The monoisotopic (exact) mass is 463 g/mol. The maximum atomic E-state index is 13.5. The first-order valence-corrected chi connectivity index (χ1v) is 11.8. The number of nitrogens with zero attached hydrogens (tertiary/aromatic N) is 3. The Balaban J connectivity index is 0.00000256. The quantitative estimate of drug-likeness (QED) is 0.494. The first-order chi connectivity index (χ1) is 14.2. The van der Waals surface area contributed by atoms with Crippen molar-refractivity contribution in [3.8, 4) is 0 Å². The Hall–Kier alpha value is -1.64. The van der Waals surface area contributed by atoms with Gasteiger partial charge in [0.05, 0.1) is 23.4 Å². The molecule has 5 nitrogen and oxygen atoms in total. The van der Waals surface area contributed by atoms with Crippen molar-refractivity contribution in [2.45, 2.75) is 11.8 Å². The summed E-state index contributed by atoms with van der Waals surface area (Å²) in [5.41, 5.74) is 2.82. The fourth-order valence-electron chi connectivity index (χ4n) is 3.45. The highest BCUT2D eigenvalue weighted by Gasteiger charge is 2.23. The molecule has 0 unspecified atom stereocenters. The summed E-state index contributed by atoms with van der Waals surface area (Å²) in [4.78, 5) is 23.6. The number of carbonyl (C=O) groups is 1. The summed E-state index contributed by atoms with van der Waals surface area (Å²) >= 11 is 3.23. The highest BCUT2D eigenvalue weighted by Crippen LogP contribution is 2.31. The van der Waals surface area contributed by atoms with Crippen molar-refractivity contribution in [3.05, 3.63) is 53.6 Å². The first-order valence-electron chi connectivity index (χ1n) is 9.78. The number of fused-ring (bicyclic) bond motifs is 1. The van der Waals surface area contributed by atoms with Gasteiger partial charge in [-0.25, -0.2) is 4.98 Å². The molecule has 4 rings (SSSR count). The van der Waals surface area contributed by atoms with Crippen LogP contribution < -0.4 is 4.90 Å². The zero-order valence-corrected chi connectivity index (χ0v) is 19.6. The van der Waals surface area contributed by atoms with Gasteiger partial charge in [0.1, 0.15) is 0 Å². The molecule has 1 aromatic heterocycles. The Kier molecular flexibility index (Phi) is 8.13. The van der Waals surface area contributed by atoms with Crippen LogP contribution in [0.1, 0.15) is 15.9 Å². The number of thiazole rings is 1. The SMILES string of the molecule is CSc1cccc(C(=O)N(CCN2CCOCC2)c2nc3c(C)cccc3s2)c1.Cl. The number of rotatable bonds is 6. The second kappa shape index (κ2) is 10.6. The van der Waals surface area contributed by atoms with Crippen LogP contribution in [-0.4, -0.2) is 61.4 Å². The van der Waals surface area contributed by atoms with Crippen molar-refractivity contribution >= 4 is 56.8 Å². The molecule has 0 spiro atoms. The highest BCUT2D eigenvalue weighted by atomic mass is 35.5. The number of hydrogen-bond donors (Lipinski definition) is 0. The number of aromatic nitrogens is 1. The molecule has 30 heavy (non-hydrogen) atoms. The normalized spacial score (nSPS) is 14.5. The van der Waals surface area contributed by atoms with Gasteiger partial charge in [0, 0.05) is 36.6 Å².